The zero-order valence-electron chi connectivity index (χ0n) is 9.76. The molecule has 0 atom stereocenters. The van der Waals surface area contributed by atoms with E-state index in [4.69, 9.17) is 4.18 Å². The number of aromatic nitrogens is 2. The first-order valence-electron chi connectivity index (χ1n) is 5.10. The molecule has 0 saturated carbocycles. The van der Waals surface area contributed by atoms with E-state index < -0.39 is 20.9 Å². The van der Waals surface area contributed by atoms with Gasteiger partial charge in [0.05, 0.1) is 4.92 Å². The average molecular weight is 283 g/mol. The summed E-state index contributed by atoms with van der Waals surface area (Å²) in [6, 6.07) is 5.23. The number of nitrogens with zero attached hydrogens (tertiary/aromatic N) is 3. The summed E-state index contributed by atoms with van der Waals surface area (Å²) < 4.78 is 29.4. The minimum atomic E-state index is -4.21. The molecule has 100 valence electrons. The summed E-state index contributed by atoms with van der Waals surface area (Å²) in [4.78, 5) is 13.8. The van der Waals surface area contributed by atoms with Gasteiger partial charge in [0.1, 0.15) is 5.82 Å². The number of nitro benzene ring substituents is 1. The van der Waals surface area contributed by atoms with E-state index in [-0.39, 0.29) is 11.6 Å². The molecule has 0 fully saturated rings. The van der Waals surface area contributed by atoms with E-state index in [1.165, 1.54) is 37.5 Å². The van der Waals surface area contributed by atoms with E-state index in [2.05, 4.69) is 4.98 Å². The van der Waals surface area contributed by atoms with Crippen molar-refractivity contribution in [3.05, 3.63) is 52.6 Å². The van der Waals surface area contributed by atoms with Crippen LogP contribution in [0, 0.1) is 17.0 Å². The van der Waals surface area contributed by atoms with Crippen LogP contribution in [0.1, 0.15) is 5.82 Å². The molecule has 1 heterocycles. The zero-order valence-corrected chi connectivity index (χ0v) is 10.6. The maximum atomic E-state index is 11.9. The van der Waals surface area contributed by atoms with Crippen molar-refractivity contribution in [2.45, 2.75) is 6.92 Å². The Morgan fingerprint density at radius 2 is 2.05 bits per heavy atom. The summed E-state index contributed by atoms with van der Waals surface area (Å²) in [5.74, 6) is -0.154. The molecule has 2 rings (SSSR count). The molecule has 0 bridgehead atoms. The molecule has 1 aromatic carbocycles. The molecule has 0 amide bonds. The van der Waals surface area contributed by atoms with Crippen molar-refractivity contribution < 1.29 is 17.5 Å². The molecule has 0 saturated heterocycles. The van der Waals surface area contributed by atoms with Crippen LogP contribution < -0.4 is 4.18 Å². The number of imidazole rings is 1. The summed E-state index contributed by atoms with van der Waals surface area (Å²) in [5.41, 5.74) is -0.427. The molecule has 0 unspecified atom stereocenters. The fourth-order valence-corrected chi connectivity index (χ4v) is 2.46. The molecule has 1 aromatic heterocycles. The molecule has 8 nitrogen and oxygen atoms in total. The van der Waals surface area contributed by atoms with Crippen molar-refractivity contribution in [2.24, 2.45) is 0 Å². The number of rotatable bonds is 4. The fourth-order valence-electron chi connectivity index (χ4n) is 1.43. The van der Waals surface area contributed by atoms with E-state index in [0.717, 1.165) is 10.0 Å². The third-order valence-corrected chi connectivity index (χ3v) is 3.54. The van der Waals surface area contributed by atoms with Gasteiger partial charge in [-0.25, -0.2) is 4.98 Å². The van der Waals surface area contributed by atoms with Gasteiger partial charge in [-0.15, -0.1) is 0 Å². The van der Waals surface area contributed by atoms with E-state index in [0.29, 0.717) is 0 Å². The highest BCUT2D eigenvalue weighted by molar-refractivity contribution is 7.85. The Morgan fingerprint density at radius 1 is 1.37 bits per heavy atom. The van der Waals surface area contributed by atoms with Gasteiger partial charge in [0.2, 0.25) is 5.75 Å². The van der Waals surface area contributed by atoms with E-state index >= 15 is 0 Å². The third-order valence-electron chi connectivity index (χ3n) is 2.28. The molecule has 0 aliphatic heterocycles. The molecule has 0 N–H and O–H groups in total. The van der Waals surface area contributed by atoms with Gasteiger partial charge in [-0.1, -0.05) is 12.1 Å². The number of nitro groups is 1. The van der Waals surface area contributed by atoms with Crippen LogP contribution in [0.3, 0.4) is 0 Å². The number of hydrogen-bond donors (Lipinski definition) is 0. The molecule has 0 aliphatic rings. The van der Waals surface area contributed by atoms with E-state index in [1.54, 1.807) is 0 Å². The quantitative estimate of drug-likeness (QED) is 0.618. The lowest BCUT2D eigenvalue weighted by Crippen LogP contribution is -2.20. The van der Waals surface area contributed by atoms with Gasteiger partial charge in [-0.2, -0.15) is 12.4 Å². The Labute approximate surface area is 108 Å². The van der Waals surface area contributed by atoms with Gasteiger partial charge in [-0.05, 0) is 13.0 Å². The Kier molecular flexibility index (Phi) is 3.21. The van der Waals surface area contributed by atoms with Crippen LogP contribution in [0.5, 0.6) is 5.75 Å². The molecular formula is C10H9N3O5S. The first-order valence-corrected chi connectivity index (χ1v) is 6.46. The average Bonchev–Trinajstić information content (AvgIpc) is 2.76. The van der Waals surface area contributed by atoms with Gasteiger partial charge in [0.15, 0.2) is 0 Å². The Bertz CT molecular complexity index is 722. The fraction of sp³-hybridized carbons (Fsp3) is 0.100. The van der Waals surface area contributed by atoms with Gasteiger partial charge < -0.3 is 4.18 Å². The second-order valence-corrected chi connectivity index (χ2v) is 4.95. The smallest absolute Gasteiger partial charge is 0.359 e. The summed E-state index contributed by atoms with van der Waals surface area (Å²) in [6.07, 6.45) is 2.48. The summed E-state index contributed by atoms with van der Waals surface area (Å²) in [5, 5.41) is 10.8. The zero-order chi connectivity index (χ0) is 14.0. The van der Waals surface area contributed by atoms with Crippen molar-refractivity contribution in [3.63, 3.8) is 0 Å². The second kappa shape index (κ2) is 4.69. The summed E-state index contributed by atoms with van der Waals surface area (Å²) in [7, 11) is -4.21. The van der Waals surface area contributed by atoms with Crippen molar-refractivity contribution in [1.29, 1.82) is 0 Å². The lowest BCUT2D eigenvalue weighted by molar-refractivity contribution is -0.385. The van der Waals surface area contributed by atoms with Gasteiger partial charge >= 0.3 is 16.0 Å². The predicted molar refractivity (Wildman–Crippen MR) is 65.0 cm³/mol. The third kappa shape index (κ3) is 2.55. The maximum Gasteiger partial charge on any atom is 0.415 e. The highest BCUT2D eigenvalue weighted by Crippen LogP contribution is 2.27. The van der Waals surface area contributed by atoms with E-state index in [9.17, 15) is 18.5 Å². The van der Waals surface area contributed by atoms with Crippen molar-refractivity contribution in [3.8, 4) is 5.75 Å². The first-order chi connectivity index (χ1) is 8.92. The standard InChI is InChI=1S/C10H9N3O5S/c1-8-11-6-7-12(8)19(16,17)18-10-5-3-2-4-9(10)13(14)15/h2-7H,1H3. The number of benzene rings is 1. The minimum Gasteiger partial charge on any atom is -0.359 e. The van der Waals surface area contributed by atoms with Crippen molar-refractivity contribution in [1.82, 2.24) is 8.96 Å². The minimum absolute atomic E-state index is 0.193. The molecule has 19 heavy (non-hydrogen) atoms. The van der Waals surface area contributed by atoms with Crippen molar-refractivity contribution in [2.75, 3.05) is 0 Å². The Morgan fingerprint density at radius 3 is 2.63 bits per heavy atom. The van der Waals surface area contributed by atoms with Crippen LogP contribution in [0.4, 0.5) is 5.69 Å². The summed E-state index contributed by atoms with van der Waals surface area (Å²) >= 11 is 0. The lowest BCUT2D eigenvalue weighted by Gasteiger charge is -2.08. The molecule has 0 spiro atoms. The van der Waals surface area contributed by atoms with Gasteiger partial charge in [-0.3, -0.25) is 10.1 Å². The first kappa shape index (κ1) is 13.0. The van der Waals surface area contributed by atoms with Gasteiger partial charge in [0.25, 0.3) is 0 Å². The van der Waals surface area contributed by atoms with Crippen LogP contribution in [0.25, 0.3) is 0 Å². The number of aryl methyl sites for hydroxylation is 1. The van der Waals surface area contributed by atoms with Crippen LogP contribution in [-0.4, -0.2) is 22.3 Å². The lowest BCUT2D eigenvalue weighted by atomic mass is 10.3. The normalized spacial score (nSPS) is 11.2. The highest BCUT2D eigenvalue weighted by Gasteiger charge is 2.23. The molecule has 2 aromatic rings. The van der Waals surface area contributed by atoms with Crippen LogP contribution in [-0.2, 0) is 10.3 Å². The van der Waals surface area contributed by atoms with E-state index in [1.807, 2.05) is 0 Å². The predicted octanol–water partition coefficient (Wildman–Crippen LogP) is 1.27. The molecule has 9 heteroatoms. The summed E-state index contributed by atoms with van der Waals surface area (Å²) in [6.45, 7) is 1.47. The second-order valence-electron chi connectivity index (χ2n) is 3.54. The molecular weight excluding hydrogens is 274 g/mol. The largest absolute Gasteiger partial charge is 0.415 e. The monoisotopic (exact) mass is 283 g/mol. The van der Waals surface area contributed by atoms with Crippen LogP contribution >= 0.6 is 0 Å². The highest BCUT2D eigenvalue weighted by atomic mass is 32.2. The van der Waals surface area contributed by atoms with Crippen LogP contribution in [0.15, 0.2) is 36.7 Å². The van der Waals surface area contributed by atoms with Gasteiger partial charge in [0, 0.05) is 18.5 Å². The number of para-hydroxylation sites is 2. The molecule has 0 aliphatic carbocycles. The SMILES string of the molecule is Cc1nccn1S(=O)(=O)Oc1ccccc1[N+](=O)[O-]. The Balaban J connectivity index is 2.42. The Hall–Kier alpha value is -2.42. The molecule has 0 radical (unpaired) electrons. The topological polar surface area (TPSA) is 104 Å². The van der Waals surface area contributed by atoms with Crippen LogP contribution in [0.2, 0.25) is 0 Å². The maximum absolute atomic E-state index is 11.9. The van der Waals surface area contributed by atoms with Crippen molar-refractivity contribution >= 4 is 16.0 Å². The number of hydrogen-bond acceptors (Lipinski definition) is 6.